The molecule has 0 bridgehead atoms. The molecule has 4 nitrogen and oxygen atoms in total. The van der Waals surface area contributed by atoms with E-state index in [0.717, 1.165) is 0 Å². The zero-order valence-electron chi connectivity index (χ0n) is 15.2. The molecule has 4 rings (SSSR count). The molecule has 0 atom stereocenters. The summed E-state index contributed by atoms with van der Waals surface area (Å²) in [7, 11) is 0. The summed E-state index contributed by atoms with van der Waals surface area (Å²) in [6, 6.07) is 18.2. The van der Waals surface area contributed by atoms with E-state index in [0.29, 0.717) is 45.5 Å². The van der Waals surface area contributed by atoms with E-state index in [-0.39, 0.29) is 17.1 Å². The predicted molar refractivity (Wildman–Crippen MR) is 111 cm³/mol. The van der Waals surface area contributed by atoms with Crippen molar-refractivity contribution in [1.82, 2.24) is 0 Å². The van der Waals surface area contributed by atoms with Crippen LogP contribution in [0.5, 0.6) is 0 Å². The largest absolute Gasteiger partial charge is 0.346 e. The van der Waals surface area contributed by atoms with Crippen LogP contribution in [0.15, 0.2) is 66.7 Å². The van der Waals surface area contributed by atoms with Crippen LogP contribution in [0.2, 0.25) is 10.0 Å². The number of carbonyl (C=O) groups excluding carboxylic acids is 2. The Labute approximate surface area is 178 Å². The van der Waals surface area contributed by atoms with Gasteiger partial charge in [0.15, 0.2) is 17.9 Å². The molecule has 1 fully saturated rings. The molecule has 3 aromatic carbocycles. The molecule has 0 unspecified atom stereocenters. The molecule has 0 aromatic heterocycles. The van der Waals surface area contributed by atoms with E-state index < -0.39 is 6.29 Å². The van der Waals surface area contributed by atoms with E-state index in [1.165, 1.54) is 0 Å². The van der Waals surface area contributed by atoms with Crippen LogP contribution in [0.3, 0.4) is 0 Å². The molecule has 146 valence electrons. The maximum atomic E-state index is 13.2. The van der Waals surface area contributed by atoms with Crippen LogP contribution in [0.4, 0.5) is 0 Å². The molecule has 3 aromatic rings. The number of ether oxygens (including phenoxy) is 2. The van der Waals surface area contributed by atoms with Crippen molar-refractivity contribution in [2.24, 2.45) is 0 Å². The fourth-order valence-electron chi connectivity index (χ4n) is 3.16. The number of rotatable bonds is 5. The zero-order valence-corrected chi connectivity index (χ0v) is 16.7. The number of ketones is 2. The average Bonchev–Trinajstić information content (AvgIpc) is 3.28. The maximum absolute atomic E-state index is 13.2. The Balaban J connectivity index is 1.79. The van der Waals surface area contributed by atoms with Gasteiger partial charge in [-0.05, 0) is 60.7 Å². The molecule has 1 heterocycles. The number of carbonyl (C=O) groups is 2. The van der Waals surface area contributed by atoms with Gasteiger partial charge in [0, 0.05) is 37.9 Å². The molecule has 6 heteroatoms. The minimum atomic E-state index is -0.550. The van der Waals surface area contributed by atoms with Crippen LogP contribution in [0.1, 0.15) is 43.7 Å². The second kappa shape index (κ2) is 8.47. The van der Waals surface area contributed by atoms with E-state index in [9.17, 15) is 9.59 Å². The van der Waals surface area contributed by atoms with E-state index in [1.54, 1.807) is 66.7 Å². The van der Waals surface area contributed by atoms with Crippen molar-refractivity contribution < 1.29 is 19.1 Å². The van der Waals surface area contributed by atoms with Gasteiger partial charge in [0.25, 0.3) is 0 Å². The third-order valence-electron chi connectivity index (χ3n) is 4.64. The van der Waals surface area contributed by atoms with Gasteiger partial charge >= 0.3 is 0 Å². The molecule has 1 saturated heterocycles. The van der Waals surface area contributed by atoms with E-state index in [2.05, 4.69) is 0 Å². The lowest BCUT2D eigenvalue weighted by molar-refractivity contribution is -0.0441. The van der Waals surface area contributed by atoms with Crippen molar-refractivity contribution in [2.75, 3.05) is 13.2 Å². The second-order valence-corrected chi connectivity index (χ2v) is 7.42. The monoisotopic (exact) mass is 426 g/mol. The summed E-state index contributed by atoms with van der Waals surface area (Å²) in [5, 5.41) is 1.06. The quantitative estimate of drug-likeness (QED) is 0.505. The van der Waals surface area contributed by atoms with Gasteiger partial charge in [-0.2, -0.15) is 0 Å². The molecular formula is C23H16Cl2O4. The van der Waals surface area contributed by atoms with Gasteiger partial charge in [0.1, 0.15) is 0 Å². The van der Waals surface area contributed by atoms with E-state index in [1.807, 2.05) is 0 Å². The van der Waals surface area contributed by atoms with Crippen LogP contribution >= 0.6 is 23.2 Å². The van der Waals surface area contributed by atoms with Crippen molar-refractivity contribution in [2.45, 2.75) is 6.29 Å². The van der Waals surface area contributed by atoms with Crippen molar-refractivity contribution in [3.05, 3.63) is 105 Å². The van der Waals surface area contributed by atoms with Gasteiger partial charge in [0.05, 0.1) is 13.2 Å². The van der Waals surface area contributed by atoms with Gasteiger partial charge in [0.2, 0.25) is 0 Å². The highest BCUT2D eigenvalue weighted by Gasteiger charge is 2.24. The Morgan fingerprint density at radius 3 is 1.69 bits per heavy atom. The Bertz CT molecular complexity index is 1050. The van der Waals surface area contributed by atoms with Crippen LogP contribution in [-0.2, 0) is 9.47 Å². The third-order valence-corrected chi connectivity index (χ3v) is 5.14. The smallest absolute Gasteiger partial charge is 0.193 e. The lowest BCUT2D eigenvalue weighted by Crippen LogP contribution is -2.13. The Kier molecular flexibility index (Phi) is 5.79. The average molecular weight is 427 g/mol. The fourth-order valence-corrected chi connectivity index (χ4v) is 3.41. The van der Waals surface area contributed by atoms with Gasteiger partial charge in [-0.15, -0.1) is 0 Å². The summed E-state index contributed by atoms with van der Waals surface area (Å²) in [5.74, 6) is -0.544. The molecule has 0 saturated carbocycles. The number of halogens is 2. The van der Waals surface area contributed by atoms with Crippen LogP contribution in [0, 0.1) is 0 Å². The summed E-state index contributed by atoms with van der Waals surface area (Å²) < 4.78 is 11.1. The molecule has 1 aliphatic heterocycles. The first-order valence-corrected chi connectivity index (χ1v) is 9.76. The standard InChI is InChI=1S/C23H16Cl2O4/c24-17-6-1-14(2-7-17)21(26)19-10-5-16(23-28-11-12-29-23)13-20(19)22(27)15-3-8-18(25)9-4-15/h1-10,13,23H,11-12H2. The molecule has 1 aliphatic rings. The Morgan fingerprint density at radius 1 is 0.690 bits per heavy atom. The van der Waals surface area contributed by atoms with Gasteiger partial charge in [-0.1, -0.05) is 29.3 Å². The molecule has 0 spiro atoms. The fraction of sp³-hybridized carbons (Fsp3) is 0.130. The summed E-state index contributed by atoms with van der Waals surface area (Å²) in [6.07, 6.45) is -0.550. The lowest BCUT2D eigenvalue weighted by Gasteiger charge is -2.14. The highest BCUT2D eigenvalue weighted by molar-refractivity contribution is 6.31. The van der Waals surface area contributed by atoms with Crippen LogP contribution in [0.25, 0.3) is 0 Å². The van der Waals surface area contributed by atoms with Crippen molar-refractivity contribution in [3.63, 3.8) is 0 Å². The minimum absolute atomic E-state index is 0.265. The summed E-state index contributed by atoms with van der Waals surface area (Å²) in [4.78, 5) is 26.4. The van der Waals surface area contributed by atoms with Crippen molar-refractivity contribution in [1.29, 1.82) is 0 Å². The Morgan fingerprint density at radius 2 is 1.17 bits per heavy atom. The zero-order chi connectivity index (χ0) is 20.4. The third kappa shape index (κ3) is 4.26. The summed E-state index contributed by atoms with van der Waals surface area (Å²) in [6.45, 7) is 0.965. The molecule has 0 radical (unpaired) electrons. The summed E-state index contributed by atoms with van der Waals surface area (Å²) in [5.41, 5.74) is 2.15. The first-order chi connectivity index (χ1) is 14.0. The van der Waals surface area contributed by atoms with Gasteiger partial charge < -0.3 is 9.47 Å². The lowest BCUT2D eigenvalue weighted by atomic mass is 9.91. The number of benzene rings is 3. The highest BCUT2D eigenvalue weighted by atomic mass is 35.5. The normalized spacial score (nSPS) is 14.1. The van der Waals surface area contributed by atoms with Crippen molar-refractivity contribution >= 4 is 34.8 Å². The highest BCUT2D eigenvalue weighted by Crippen LogP contribution is 2.28. The topological polar surface area (TPSA) is 52.6 Å². The first kappa shape index (κ1) is 19.8. The van der Waals surface area contributed by atoms with Crippen LogP contribution in [-0.4, -0.2) is 24.8 Å². The minimum Gasteiger partial charge on any atom is -0.346 e. The molecule has 29 heavy (non-hydrogen) atoms. The van der Waals surface area contributed by atoms with Crippen molar-refractivity contribution in [3.8, 4) is 0 Å². The first-order valence-electron chi connectivity index (χ1n) is 9.00. The maximum Gasteiger partial charge on any atom is 0.193 e. The second-order valence-electron chi connectivity index (χ2n) is 6.55. The predicted octanol–water partition coefficient (Wildman–Crippen LogP) is 5.50. The number of hydrogen-bond donors (Lipinski definition) is 0. The molecular weight excluding hydrogens is 411 g/mol. The molecule has 0 aliphatic carbocycles. The van der Waals surface area contributed by atoms with Gasteiger partial charge in [-0.25, -0.2) is 0 Å². The number of hydrogen-bond acceptors (Lipinski definition) is 4. The van der Waals surface area contributed by atoms with E-state index >= 15 is 0 Å². The summed E-state index contributed by atoms with van der Waals surface area (Å²) >= 11 is 11.9. The van der Waals surface area contributed by atoms with Gasteiger partial charge in [-0.3, -0.25) is 9.59 Å². The van der Waals surface area contributed by atoms with E-state index in [4.69, 9.17) is 32.7 Å². The Hall–Kier alpha value is -2.50. The molecule has 0 amide bonds. The molecule has 0 N–H and O–H groups in total. The SMILES string of the molecule is O=C(c1ccc(Cl)cc1)c1ccc(C2OCCO2)cc1C(=O)c1ccc(Cl)cc1. The van der Waals surface area contributed by atoms with Crippen LogP contribution < -0.4 is 0 Å².